The van der Waals surface area contributed by atoms with Crippen LogP contribution in [-0.2, 0) is 15.5 Å². The predicted octanol–water partition coefficient (Wildman–Crippen LogP) is 3.33. The molecule has 0 N–H and O–H groups in total. The van der Waals surface area contributed by atoms with E-state index in [2.05, 4.69) is 12.1 Å². The zero-order valence-electron chi connectivity index (χ0n) is 10.6. The van der Waals surface area contributed by atoms with Gasteiger partial charge in [0.05, 0.1) is 11.5 Å². The van der Waals surface area contributed by atoms with E-state index in [9.17, 15) is 8.42 Å². The highest BCUT2D eigenvalue weighted by atomic mass is 35.7. The van der Waals surface area contributed by atoms with Crippen molar-refractivity contribution in [2.24, 2.45) is 0 Å². The summed E-state index contributed by atoms with van der Waals surface area (Å²) in [7, 11) is 1.59. The molecule has 0 saturated heterocycles. The Hall–Kier alpha value is -1.52. The molecular weight excluding hydrogens is 296 g/mol. The summed E-state index contributed by atoms with van der Waals surface area (Å²) in [5, 5.41) is 0. The summed E-state index contributed by atoms with van der Waals surface area (Å²) in [5.74, 6) is 1.07. The van der Waals surface area contributed by atoms with Gasteiger partial charge in [-0.1, -0.05) is 24.3 Å². The number of benzene rings is 2. The van der Waals surface area contributed by atoms with Crippen LogP contribution in [0.25, 0.3) is 0 Å². The molecule has 0 aliphatic heterocycles. The molecule has 3 nitrogen and oxygen atoms in total. The molecule has 0 amide bonds. The van der Waals surface area contributed by atoms with Crippen LogP contribution in [0.2, 0.25) is 0 Å². The second kappa shape index (κ2) is 5.11. The molecule has 0 bridgehead atoms. The number of ether oxygens (including phenoxy) is 1. The lowest BCUT2D eigenvalue weighted by molar-refractivity contribution is 0.275. The van der Waals surface area contributed by atoms with E-state index in [-0.39, 0.29) is 4.90 Å². The van der Waals surface area contributed by atoms with E-state index in [1.54, 1.807) is 12.1 Å². The summed E-state index contributed by atoms with van der Waals surface area (Å²) in [5.41, 5.74) is 2.72. The van der Waals surface area contributed by atoms with Crippen molar-refractivity contribution in [3.63, 3.8) is 0 Å². The molecule has 0 saturated carbocycles. The molecule has 1 unspecified atom stereocenters. The Morgan fingerprint density at radius 1 is 1.10 bits per heavy atom. The van der Waals surface area contributed by atoms with E-state index >= 15 is 0 Å². The van der Waals surface area contributed by atoms with Crippen molar-refractivity contribution < 1.29 is 13.2 Å². The summed E-state index contributed by atoms with van der Waals surface area (Å²) in [4.78, 5) is 0.0838. The Balaban J connectivity index is 1.63. The van der Waals surface area contributed by atoms with Gasteiger partial charge in [0.25, 0.3) is 9.05 Å². The van der Waals surface area contributed by atoms with Crippen molar-refractivity contribution >= 4 is 19.7 Å². The number of hydrogen-bond donors (Lipinski definition) is 0. The molecule has 0 heterocycles. The van der Waals surface area contributed by atoms with Crippen LogP contribution in [0.4, 0.5) is 0 Å². The number of hydrogen-bond acceptors (Lipinski definition) is 3. The topological polar surface area (TPSA) is 43.4 Å². The van der Waals surface area contributed by atoms with Crippen LogP contribution < -0.4 is 4.74 Å². The van der Waals surface area contributed by atoms with Crippen molar-refractivity contribution in [2.45, 2.75) is 17.2 Å². The first-order valence-corrected chi connectivity index (χ1v) is 8.60. The second-order valence-corrected chi connectivity index (χ2v) is 7.39. The molecule has 0 radical (unpaired) electrons. The van der Waals surface area contributed by atoms with Crippen molar-refractivity contribution in [1.29, 1.82) is 0 Å². The van der Waals surface area contributed by atoms with Crippen LogP contribution in [0, 0.1) is 0 Å². The minimum absolute atomic E-state index is 0.0838. The van der Waals surface area contributed by atoms with Crippen molar-refractivity contribution in [2.75, 3.05) is 6.61 Å². The largest absolute Gasteiger partial charge is 0.493 e. The van der Waals surface area contributed by atoms with Crippen LogP contribution in [-0.4, -0.2) is 15.0 Å². The van der Waals surface area contributed by atoms with Gasteiger partial charge >= 0.3 is 0 Å². The first-order valence-electron chi connectivity index (χ1n) is 6.29. The summed E-state index contributed by atoms with van der Waals surface area (Å²) < 4.78 is 28.0. The van der Waals surface area contributed by atoms with E-state index in [1.165, 1.54) is 23.3 Å². The maximum absolute atomic E-state index is 11.1. The zero-order valence-corrected chi connectivity index (χ0v) is 12.2. The highest BCUT2D eigenvalue weighted by Gasteiger charge is 2.25. The van der Waals surface area contributed by atoms with Crippen LogP contribution in [0.15, 0.2) is 53.4 Å². The van der Waals surface area contributed by atoms with E-state index in [4.69, 9.17) is 15.4 Å². The van der Waals surface area contributed by atoms with E-state index in [0.717, 1.165) is 6.42 Å². The molecule has 0 fully saturated rings. The third kappa shape index (κ3) is 2.67. The van der Waals surface area contributed by atoms with Crippen LogP contribution in [0.3, 0.4) is 0 Å². The van der Waals surface area contributed by atoms with Gasteiger partial charge in [-0.3, -0.25) is 0 Å². The fraction of sp³-hybridized carbons (Fsp3) is 0.200. The maximum atomic E-state index is 11.1. The number of fused-ring (bicyclic) bond motifs is 1. The second-order valence-electron chi connectivity index (χ2n) is 4.82. The lowest BCUT2D eigenvalue weighted by atomic mass is 9.78. The van der Waals surface area contributed by atoms with Crippen molar-refractivity contribution in [3.8, 4) is 5.75 Å². The van der Waals surface area contributed by atoms with Gasteiger partial charge in [-0.2, -0.15) is 0 Å². The smallest absolute Gasteiger partial charge is 0.261 e. The Bertz CT molecular complexity index is 723. The quantitative estimate of drug-likeness (QED) is 0.814. The zero-order chi connectivity index (χ0) is 14.2. The lowest BCUT2D eigenvalue weighted by Gasteiger charge is -2.29. The third-order valence-electron chi connectivity index (χ3n) is 3.52. The lowest BCUT2D eigenvalue weighted by Crippen LogP contribution is -2.23. The summed E-state index contributed by atoms with van der Waals surface area (Å²) in [6.45, 7) is 0.601. The molecule has 0 aromatic heterocycles. The normalized spacial score (nSPS) is 17.1. The molecule has 2 aromatic rings. The highest BCUT2D eigenvalue weighted by Crippen LogP contribution is 2.35. The molecule has 0 spiro atoms. The highest BCUT2D eigenvalue weighted by molar-refractivity contribution is 8.13. The molecule has 1 aliphatic rings. The molecule has 2 aromatic carbocycles. The van der Waals surface area contributed by atoms with Crippen LogP contribution in [0.5, 0.6) is 5.75 Å². The minimum atomic E-state index is -3.67. The monoisotopic (exact) mass is 308 g/mol. The molecule has 1 atom stereocenters. The number of rotatable bonds is 4. The van der Waals surface area contributed by atoms with Gasteiger partial charge in [-0.15, -0.1) is 0 Å². The molecule has 5 heteroatoms. The van der Waals surface area contributed by atoms with Crippen LogP contribution >= 0.6 is 10.7 Å². The van der Waals surface area contributed by atoms with E-state index in [0.29, 0.717) is 18.3 Å². The first kappa shape index (κ1) is 13.5. The van der Waals surface area contributed by atoms with E-state index in [1.807, 2.05) is 12.1 Å². The third-order valence-corrected chi connectivity index (χ3v) is 4.89. The summed E-state index contributed by atoms with van der Waals surface area (Å²) >= 11 is 0. The molecule has 104 valence electrons. The van der Waals surface area contributed by atoms with Crippen LogP contribution in [0.1, 0.15) is 17.0 Å². The average molecular weight is 309 g/mol. The summed E-state index contributed by atoms with van der Waals surface area (Å²) in [6.07, 6.45) is 1.03. The fourth-order valence-corrected chi connectivity index (χ4v) is 3.18. The van der Waals surface area contributed by atoms with Gasteiger partial charge < -0.3 is 4.74 Å². The molecule has 1 aliphatic carbocycles. The Morgan fingerprint density at radius 3 is 2.45 bits per heavy atom. The summed E-state index contributed by atoms with van der Waals surface area (Å²) in [6, 6.07) is 14.5. The van der Waals surface area contributed by atoms with Gasteiger partial charge in [0.15, 0.2) is 0 Å². The predicted molar refractivity (Wildman–Crippen MR) is 77.9 cm³/mol. The fourth-order valence-electron chi connectivity index (χ4n) is 2.41. The van der Waals surface area contributed by atoms with Gasteiger partial charge in [0, 0.05) is 16.6 Å². The average Bonchev–Trinajstić information content (AvgIpc) is 2.39. The van der Waals surface area contributed by atoms with Gasteiger partial charge in [-0.05, 0) is 41.8 Å². The maximum Gasteiger partial charge on any atom is 0.261 e. The van der Waals surface area contributed by atoms with Crippen molar-refractivity contribution in [3.05, 3.63) is 59.7 Å². The van der Waals surface area contributed by atoms with Gasteiger partial charge in [0.2, 0.25) is 0 Å². The SMILES string of the molecule is O=S(=O)(Cl)c1ccc(OCC2Cc3ccccc32)cc1. The molecule has 3 rings (SSSR count). The Kier molecular flexibility index (Phi) is 3.44. The van der Waals surface area contributed by atoms with Crippen molar-refractivity contribution in [1.82, 2.24) is 0 Å². The standard InChI is InChI=1S/C15H13ClO3S/c16-20(17,18)14-7-5-13(6-8-14)19-10-12-9-11-3-1-2-4-15(11)12/h1-8,12H,9-10H2. The minimum Gasteiger partial charge on any atom is -0.493 e. The Labute approximate surface area is 122 Å². The molecular formula is C15H13ClO3S. The molecule has 20 heavy (non-hydrogen) atoms. The van der Waals surface area contributed by atoms with Gasteiger partial charge in [-0.25, -0.2) is 8.42 Å². The van der Waals surface area contributed by atoms with E-state index < -0.39 is 9.05 Å². The van der Waals surface area contributed by atoms with Gasteiger partial charge in [0.1, 0.15) is 5.75 Å². The number of halogens is 1. The first-order chi connectivity index (χ1) is 9.54. The Morgan fingerprint density at radius 2 is 1.80 bits per heavy atom.